The van der Waals surface area contributed by atoms with E-state index in [0.29, 0.717) is 5.82 Å². The zero-order valence-corrected chi connectivity index (χ0v) is 10.4. The third kappa shape index (κ3) is 2.33. The maximum Gasteiger partial charge on any atom is 0.132 e. The molecule has 4 heteroatoms. The minimum atomic E-state index is 0.525. The first-order valence-electron chi connectivity index (χ1n) is 6.09. The van der Waals surface area contributed by atoms with Crippen LogP contribution in [0.15, 0.2) is 61.2 Å². The van der Waals surface area contributed by atoms with Gasteiger partial charge in [-0.15, -0.1) is 0 Å². The summed E-state index contributed by atoms with van der Waals surface area (Å²) in [6.07, 6.45) is 5.32. The number of hydrogen-bond donors (Lipinski definition) is 1. The Hall–Kier alpha value is -2.62. The quantitative estimate of drug-likeness (QED) is 0.777. The molecule has 0 aliphatic rings. The second kappa shape index (κ2) is 4.94. The summed E-state index contributed by atoms with van der Waals surface area (Å²) in [6.45, 7) is 0.768. The summed E-state index contributed by atoms with van der Waals surface area (Å²) in [7, 11) is 0. The van der Waals surface area contributed by atoms with Crippen LogP contribution in [-0.4, -0.2) is 14.5 Å². The van der Waals surface area contributed by atoms with Crippen molar-refractivity contribution in [3.63, 3.8) is 0 Å². The Kier molecular flexibility index (Phi) is 2.98. The van der Waals surface area contributed by atoms with Gasteiger partial charge in [-0.3, -0.25) is 0 Å². The monoisotopic (exact) mass is 250 g/mol. The Morgan fingerprint density at radius 3 is 2.68 bits per heavy atom. The highest BCUT2D eigenvalue weighted by molar-refractivity contribution is 5.70. The molecule has 0 unspecified atom stereocenters. The van der Waals surface area contributed by atoms with Crippen LogP contribution < -0.4 is 5.73 Å². The predicted octanol–water partition coefficient (Wildman–Crippen LogP) is 2.58. The second-order valence-electron chi connectivity index (χ2n) is 4.33. The highest BCUT2D eigenvalue weighted by Gasteiger charge is 2.08. The number of nitrogens with zero attached hydrogens (tertiary/aromatic N) is 3. The van der Waals surface area contributed by atoms with Crippen LogP contribution in [0.25, 0.3) is 11.3 Å². The van der Waals surface area contributed by atoms with Gasteiger partial charge in [0.2, 0.25) is 0 Å². The molecular weight excluding hydrogens is 236 g/mol. The molecule has 0 spiro atoms. The van der Waals surface area contributed by atoms with Crippen molar-refractivity contribution in [3.8, 4) is 11.3 Å². The minimum Gasteiger partial charge on any atom is -0.383 e. The van der Waals surface area contributed by atoms with Crippen LogP contribution in [0.4, 0.5) is 5.82 Å². The smallest absolute Gasteiger partial charge is 0.132 e. The molecule has 94 valence electrons. The number of benzene rings is 1. The first-order chi connectivity index (χ1) is 9.34. The molecule has 0 aliphatic heterocycles. The fraction of sp³-hybridized carbons (Fsp3) is 0.0667. The second-order valence-corrected chi connectivity index (χ2v) is 4.33. The van der Waals surface area contributed by atoms with Crippen LogP contribution >= 0.6 is 0 Å². The van der Waals surface area contributed by atoms with Crippen molar-refractivity contribution < 1.29 is 0 Å². The van der Waals surface area contributed by atoms with E-state index in [1.54, 1.807) is 6.20 Å². The SMILES string of the molecule is Nc1ncccc1-c1cncn1Cc1ccccc1. The summed E-state index contributed by atoms with van der Waals surface area (Å²) in [5.74, 6) is 0.525. The highest BCUT2D eigenvalue weighted by Crippen LogP contribution is 2.23. The third-order valence-corrected chi connectivity index (χ3v) is 3.02. The van der Waals surface area contributed by atoms with E-state index < -0.39 is 0 Å². The lowest BCUT2D eigenvalue weighted by Gasteiger charge is -2.09. The lowest BCUT2D eigenvalue weighted by Crippen LogP contribution is -2.02. The fourth-order valence-corrected chi connectivity index (χ4v) is 2.09. The lowest BCUT2D eigenvalue weighted by atomic mass is 10.2. The van der Waals surface area contributed by atoms with Gasteiger partial charge < -0.3 is 10.3 Å². The number of anilines is 1. The molecule has 0 amide bonds. The van der Waals surface area contributed by atoms with Gasteiger partial charge in [0.05, 0.1) is 18.2 Å². The molecule has 0 fully saturated rings. The molecule has 3 rings (SSSR count). The third-order valence-electron chi connectivity index (χ3n) is 3.02. The van der Waals surface area contributed by atoms with Gasteiger partial charge in [0.1, 0.15) is 5.82 Å². The zero-order valence-electron chi connectivity index (χ0n) is 10.4. The fourth-order valence-electron chi connectivity index (χ4n) is 2.09. The van der Waals surface area contributed by atoms with E-state index in [0.717, 1.165) is 17.8 Å². The Bertz CT molecular complexity index is 673. The van der Waals surface area contributed by atoms with Gasteiger partial charge in [-0.25, -0.2) is 9.97 Å². The van der Waals surface area contributed by atoms with E-state index >= 15 is 0 Å². The molecule has 0 saturated carbocycles. The molecule has 2 N–H and O–H groups in total. The van der Waals surface area contributed by atoms with Gasteiger partial charge in [0.25, 0.3) is 0 Å². The number of rotatable bonds is 3. The molecule has 0 aliphatic carbocycles. The van der Waals surface area contributed by atoms with Crippen molar-refractivity contribution in [1.29, 1.82) is 0 Å². The average Bonchev–Trinajstić information content (AvgIpc) is 2.88. The molecule has 2 aromatic heterocycles. The van der Waals surface area contributed by atoms with Crippen LogP contribution in [0, 0.1) is 0 Å². The number of pyridine rings is 1. The number of aromatic nitrogens is 3. The topological polar surface area (TPSA) is 56.7 Å². The van der Waals surface area contributed by atoms with Gasteiger partial charge in [0, 0.05) is 18.3 Å². The number of nitrogens with two attached hydrogens (primary N) is 1. The van der Waals surface area contributed by atoms with Crippen molar-refractivity contribution in [3.05, 3.63) is 66.7 Å². The van der Waals surface area contributed by atoms with Crippen LogP contribution in [0.5, 0.6) is 0 Å². The molecule has 0 saturated heterocycles. The average molecular weight is 250 g/mol. The van der Waals surface area contributed by atoms with E-state index in [9.17, 15) is 0 Å². The summed E-state index contributed by atoms with van der Waals surface area (Å²) in [5, 5.41) is 0. The molecule has 2 heterocycles. The molecule has 1 aromatic carbocycles. The van der Waals surface area contributed by atoms with Crippen LogP contribution in [0.2, 0.25) is 0 Å². The van der Waals surface area contributed by atoms with Gasteiger partial charge in [-0.2, -0.15) is 0 Å². The van der Waals surface area contributed by atoms with Gasteiger partial charge in [0.15, 0.2) is 0 Å². The summed E-state index contributed by atoms with van der Waals surface area (Å²) >= 11 is 0. The van der Waals surface area contributed by atoms with E-state index in [1.165, 1.54) is 5.56 Å². The minimum absolute atomic E-state index is 0.525. The Balaban J connectivity index is 1.98. The van der Waals surface area contributed by atoms with Crippen molar-refractivity contribution in [2.75, 3.05) is 5.73 Å². The van der Waals surface area contributed by atoms with Crippen molar-refractivity contribution in [1.82, 2.24) is 14.5 Å². The number of imidazole rings is 1. The summed E-state index contributed by atoms with van der Waals surface area (Å²) < 4.78 is 2.07. The number of hydrogen-bond acceptors (Lipinski definition) is 3. The van der Waals surface area contributed by atoms with Crippen molar-refractivity contribution in [2.45, 2.75) is 6.54 Å². The Morgan fingerprint density at radius 1 is 1.05 bits per heavy atom. The van der Waals surface area contributed by atoms with Gasteiger partial charge in [-0.1, -0.05) is 30.3 Å². The van der Waals surface area contributed by atoms with Crippen molar-refractivity contribution >= 4 is 5.82 Å². The predicted molar refractivity (Wildman–Crippen MR) is 75.4 cm³/mol. The van der Waals surface area contributed by atoms with Crippen LogP contribution in [0.3, 0.4) is 0 Å². The van der Waals surface area contributed by atoms with Crippen LogP contribution in [0.1, 0.15) is 5.56 Å². The first-order valence-corrected chi connectivity index (χ1v) is 6.09. The first kappa shape index (κ1) is 11.5. The van der Waals surface area contributed by atoms with E-state index in [4.69, 9.17) is 5.73 Å². The molecule has 0 atom stereocenters. The standard InChI is InChI=1S/C15H14N4/c16-15-13(7-4-8-18-15)14-9-17-11-19(14)10-12-5-2-1-3-6-12/h1-9,11H,10H2,(H2,16,18). The summed E-state index contributed by atoms with van der Waals surface area (Å²) in [4.78, 5) is 8.34. The number of nitrogen functional groups attached to an aromatic ring is 1. The maximum atomic E-state index is 5.92. The molecule has 0 radical (unpaired) electrons. The Morgan fingerprint density at radius 2 is 1.89 bits per heavy atom. The summed E-state index contributed by atoms with van der Waals surface area (Å²) in [5.41, 5.74) is 9.04. The lowest BCUT2D eigenvalue weighted by molar-refractivity contribution is 0.805. The van der Waals surface area contributed by atoms with E-state index in [1.807, 2.05) is 42.9 Å². The van der Waals surface area contributed by atoms with E-state index in [-0.39, 0.29) is 0 Å². The van der Waals surface area contributed by atoms with Crippen molar-refractivity contribution in [2.24, 2.45) is 0 Å². The van der Waals surface area contributed by atoms with Gasteiger partial charge in [-0.05, 0) is 17.7 Å². The molecule has 4 nitrogen and oxygen atoms in total. The molecular formula is C15H14N4. The molecule has 0 bridgehead atoms. The summed E-state index contributed by atoms with van der Waals surface area (Å²) in [6, 6.07) is 14.1. The molecule has 19 heavy (non-hydrogen) atoms. The van der Waals surface area contributed by atoms with Gasteiger partial charge >= 0.3 is 0 Å². The largest absolute Gasteiger partial charge is 0.383 e. The normalized spacial score (nSPS) is 10.5. The Labute approximate surface area is 111 Å². The van der Waals surface area contributed by atoms with E-state index in [2.05, 4.69) is 26.7 Å². The van der Waals surface area contributed by atoms with Crippen LogP contribution in [-0.2, 0) is 6.54 Å². The highest BCUT2D eigenvalue weighted by atomic mass is 15.0. The molecule has 3 aromatic rings. The zero-order chi connectivity index (χ0) is 13.1. The maximum absolute atomic E-state index is 5.92.